The third-order valence-corrected chi connectivity index (χ3v) is 2.78. The molecule has 1 heterocycles. The van der Waals surface area contributed by atoms with Crippen molar-refractivity contribution in [3.05, 3.63) is 42.2 Å². The molecular formula is C13H16N4O2. The molecule has 0 aliphatic carbocycles. The van der Waals surface area contributed by atoms with Gasteiger partial charge in [-0.15, -0.1) is 5.10 Å². The summed E-state index contributed by atoms with van der Waals surface area (Å²) in [5.41, 5.74) is 1.80. The summed E-state index contributed by atoms with van der Waals surface area (Å²) in [6.45, 7) is 0.874. The highest BCUT2D eigenvalue weighted by Gasteiger charge is 1.99. The summed E-state index contributed by atoms with van der Waals surface area (Å²) < 4.78 is 1.82. The van der Waals surface area contributed by atoms with E-state index in [1.807, 2.05) is 23.0 Å². The van der Waals surface area contributed by atoms with Gasteiger partial charge in [0.05, 0.1) is 6.20 Å². The third kappa shape index (κ3) is 4.42. The first kappa shape index (κ1) is 13.1. The Morgan fingerprint density at radius 3 is 2.68 bits per heavy atom. The largest absolute Gasteiger partial charge is 0.465 e. The average Bonchev–Trinajstić information content (AvgIpc) is 2.89. The monoisotopic (exact) mass is 260 g/mol. The van der Waals surface area contributed by atoms with Gasteiger partial charge in [0.1, 0.15) is 0 Å². The zero-order valence-corrected chi connectivity index (χ0v) is 10.5. The normalized spacial score (nSPS) is 10.3. The molecule has 2 N–H and O–H groups in total. The van der Waals surface area contributed by atoms with Gasteiger partial charge in [0.2, 0.25) is 0 Å². The summed E-state index contributed by atoms with van der Waals surface area (Å²) in [6.07, 6.45) is 5.56. The second kappa shape index (κ2) is 6.53. The number of amides is 1. The molecule has 6 heteroatoms. The zero-order chi connectivity index (χ0) is 13.5. The molecule has 0 saturated carbocycles. The first-order valence-corrected chi connectivity index (χ1v) is 6.17. The van der Waals surface area contributed by atoms with Crippen LogP contribution in [-0.4, -0.2) is 26.2 Å². The Hall–Kier alpha value is -2.37. The van der Waals surface area contributed by atoms with Crippen molar-refractivity contribution in [1.82, 2.24) is 15.0 Å². The lowest BCUT2D eigenvalue weighted by Crippen LogP contribution is -2.06. The Bertz CT molecular complexity index is 508. The number of benzene rings is 1. The standard InChI is InChI=1S/C13H16N4O2/c18-13(19)15-12-6-4-11(5-7-12)3-1-2-9-17-10-8-14-16-17/h4-8,10,15H,1-3,9H2,(H,18,19). The van der Waals surface area contributed by atoms with Crippen LogP contribution in [0.2, 0.25) is 0 Å². The van der Waals surface area contributed by atoms with Crippen molar-refractivity contribution in [2.45, 2.75) is 25.8 Å². The highest BCUT2D eigenvalue weighted by atomic mass is 16.4. The number of hydrogen-bond acceptors (Lipinski definition) is 3. The summed E-state index contributed by atoms with van der Waals surface area (Å²) in [5, 5.41) is 18.5. The zero-order valence-electron chi connectivity index (χ0n) is 10.5. The van der Waals surface area contributed by atoms with Gasteiger partial charge in [-0.05, 0) is 37.0 Å². The molecule has 0 aliphatic rings. The van der Waals surface area contributed by atoms with E-state index in [0.29, 0.717) is 5.69 Å². The molecule has 2 rings (SSSR count). The number of carboxylic acid groups (broad SMARTS) is 1. The van der Waals surface area contributed by atoms with E-state index in [0.717, 1.165) is 25.8 Å². The maximum absolute atomic E-state index is 10.5. The Kier molecular flexibility index (Phi) is 4.49. The first-order chi connectivity index (χ1) is 9.24. The summed E-state index contributed by atoms with van der Waals surface area (Å²) in [5.74, 6) is 0. The van der Waals surface area contributed by atoms with E-state index < -0.39 is 6.09 Å². The number of rotatable bonds is 6. The van der Waals surface area contributed by atoms with Gasteiger partial charge in [-0.25, -0.2) is 4.79 Å². The van der Waals surface area contributed by atoms with E-state index in [2.05, 4.69) is 15.6 Å². The predicted octanol–water partition coefficient (Wildman–Crippen LogP) is 2.39. The minimum absolute atomic E-state index is 0.596. The molecule has 0 atom stereocenters. The fraction of sp³-hybridized carbons (Fsp3) is 0.308. The molecule has 1 amide bonds. The summed E-state index contributed by atoms with van der Waals surface area (Å²) in [4.78, 5) is 10.5. The average molecular weight is 260 g/mol. The first-order valence-electron chi connectivity index (χ1n) is 6.17. The van der Waals surface area contributed by atoms with Crippen LogP contribution in [0, 0.1) is 0 Å². The third-order valence-electron chi connectivity index (χ3n) is 2.78. The molecule has 6 nitrogen and oxygen atoms in total. The Labute approximate surface area is 111 Å². The lowest BCUT2D eigenvalue weighted by atomic mass is 10.1. The minimum atomic E-state index is -1.04. The van der Waals surface area contributed by atoms with E-state index in [-0.39, 0.29) is 0 Å². The van der Waals surface area contributed by atoms with Crippen LogP contribution in [0.3, 0.4) is 0 Å². The molecule has 1 aromatic heterocycles. The molecule has 2 aromatic rings. The van der Waals surface area contributed by atoms with Crippen LogP contribution in [0.5, 0.6) is 0 Å². The van der Waals surface area contributed by atoms with Crippen LogP contribution < -0.4 is 5.32 Å². The highest BCUT2D eigenvalue weighted by molar-refractivity contribution is 5.82. The van der Waals surface area contributed by atoms with Gasteiger partial charge in [0.15, 0.2) is 0 Å². The van der Waals surface area contributed by atoms with Gasteiger partial charge in [0, 0.05) is 18.4 Å². The number of hydrogen-bond donors (Lipinski definition) is 2. The number of carbonyl (C=O) groups is 1. The lowest BCUT2D eigenvalue weighted by molar-refractivity contribution is 0.210. The van der Waals surface area contributed by atoms with Crippen molar-refractivity contribution in [3.63, 3.8) is 0 Å². The molecule has 1 aromatic carbocycles. The van der Waals surface area contributed by atoms with E-state index in [1.54, 1.807) is 18.3 Å². The number of aryl methyl sites for hydroxylation is 2. The van der Waals surface area contributed by atoms with Gasteiger partial charge in [-0.2, -0.15) is 0 Å². The molecule has 0 aliphatic heterocycles. The van der Waals surface area contributed by atoms with Crippen molar-refractivity contribution in [1.29, 1.82) is 0 Å². The maximum Gasteiger partial charge on any atom is 0.409 e. The Morgan fingerprint density at radius 2 is 2.05 bits per heavy atom. The van der Waals surface area contributed by atoms with Gasteiger partial charge in [-0.3, -0.25) is 10.00 Å². The SMILES string of the molecule is O=C(O)Nc1ccc(CCCCn2ccnn2)cc1. The maximum atomic E-state index is 10.5. The molecule has 0 radical (unpaired) electrons. The van der Waals surface area contributed by atoms with Crippen LogP contribution in [0.15, 0.2) is 36.7 Å². The molecule has 0 spiro atoms. The number of aromatic nitrogens is 3. The second-order valence-corrected chi connectivity index (χ2v) is 4.25. The Balaban J connectivity index is 1.72. The van der Waals surface area contributed by atoms with E-state index in [9.17, 15) is 4.79 Å². The van der Waals surface area contributed by atoms with E-state index >= 15 is 0 Å². The van der Waals surface area contributed by atoms with E-state index in [4.69, 9.17) is 5.11 Å². The number of anilines is 1. The second-order valence-electron chi connectivity index (χ2n) is 4.25. The fourth-order valence-corrected chi connectivity index (χ4v) is 1.83. The molecule has 0 unspecified atom stereocenters. The quantitative estimate of drug-likeness (QED) is 0.781. The van der Waals surface area contributed by atoms with Crippen molar-refractivity contribution >= 4 is 11.8 Å². The highest BCUT2D eigenvalue weighted by Crippen LogP contribution is 2.11. The van der Waals surface area contributed by atoms with Crippen LogP contribution in [-0.2, 0) is 13.0 Å². The topological polar surface area (TPSA) is 80.0 Å². The van der Waals surface area contributed by atoms with Crippen molar-refractivity contribution in [2.24, 2.45) is 0 Å². The van der Waals surface area contributed by atoms with Crippen LogP contribution >= 0.6 is 0 Å². The van der Waals surface area contributed by atoms with Crippen LogP contribution in [0.1, 0.15) is 18.4 Å². The number of nitrogens with zero attached hydrogens (tertiary/aromatic N) is 3. The molecule has 19 heavy (non-hydrogen) atoms. The van der Waals surface area contributed by atoms with Crippen molar-refractivity contribution in [3.8, 4) is 0 Å². The number of nitrogens with one attached hydrogen (secondary N) is 1. The summed E-state index contributed by atoms with van der Waals surface area (Å²) in [7, 11) is 0. The lowest BCUT2D eigenvalue weighted by Gasteiger charge is -2.04. The Morgan fingerprint density at radius 1 is 1.26 bits per heavy atom. The fourth-order valence-electron chi connectivity index (χ4n) is 1.83. The molecular weight excluding hydrogens is 244 g/mol. The van der Waals surface area contributed by atoms with E-state index in [1.165, 1.54) is 5.56 Å². The molecule has 0 saturated heterocycles. The summed E-state index contributed by atoms with van der Waals surface area (Å²) >= 11 is 0. The van der Waals surface area contributed by atoms with Crippen LogP contribution in [0.4, 0.5) is 10.5 Å². The summed E-state index contributed by atoms with van der Waals surface area (Å²) in [6, 6.07) is 7.45. The van der Waals surface area contributed by atoms with Crippen molar-refractivity contribution < 1.29 is 9.90 Å². The molecule has 100 valence electrons. The van der Waals surface area contributed by atoms with Gasteiger partial charge < -0.3 is 5.11 Å². The van der Waals surface area contributed by atoms with Crippen molar-refractivity contribution in [2.75, 3.05) is 5.32 Å². The van der Waals surface area contributed by atoms with Crippen LogP contribution in [0.25, 0.3) is 0 Å². The smallest absolute Gasteiger partial charge is 0.409 e. The number of unbranched alkanes of at least 4 members (excludes halogenated alkanes) is 1. The van der Waals surface area contributed by atoms with Gasteiger partial charge in [0.25, 0.3) is 0 Å². The molecule has 0 fully saturated rings. The minimum Gasteiger partial charge on any atom is -0.465 e. The molecule has 0 bridgehead atoms. The van der Waals surface area contributed by atoms with Gasteiger partial charge in [-0.1, -0.05) is 17.3 Å². The predicted molar refractivity (Wildman–Crippen MR) is 71.0 cm³/mol. The van der Waals surface area contributed by atoms with Gasteiger partial charge >= 0.3 is 6.09 Å².